The fourth-order valence-electron chi connectivity index (χ4n) is 0.325. The number of ether oxygens (including phenoxy) is 1. The lowest BCUT2D eigenvalue weighted by Crippen LogP contribution is -2.31. The van der Waals surface area contributed by atoms with E-state index in [-0.39, 0.29) is 5.57 Å². The van der Waals surface area contributed by atoms with Crippen molar-refractivity contribution in [2.45, 2.75) is 19.6 Å². The Bertz CT molecular complexity index is 166. The smallest absolute Gasteiger partial charge is 0.333 e. The van der Waals surface area contributed by atoms with Crippen molar-refractivity contribution in [3.05, 3.63) is 12.2 Å². The highest BCUT2D eigenvalue weighted by atomic mass is 16.6. The van der Waals surface area contributed by atoms with Crippen molar-refractivity contribution in [3.63, 3.8) is 0 Å². The number of hydrogen-bond donors (Lipinski definition) is 2. The molecule has 0 unspecified atom stereocenters. The van der Waals surface area contributed by atoms with Crippen LogP contribution in [-0.4, -0.2) is 28.6 Å². The lowest BCUT2D eigenvalue weighted by Gasteiger charge is -2.15. The third-order valence-corrected chi connectivity index (χ3v) is 0.825. The van der Waals surface area contributed by atoms with Gasteiger partial charge in [-0.2, -0.15) is 0 Å². The number of rotatable bonds is 3. The van der Waals surface area contributed by atoms with E-state index in [1.165, 1.54) is 6.92 Å². The Morgan fingerprint density at radius 3 is 2.36 bits per heavy atom. The second-order valence-electron chi connectivity index (χ2n) is 2.57. The molecular weight excluding hydrogens is 148 g/mol. The summed E-state index contributed by atoms with van der Waals surface area (Å²) in [7, 11) is 0. The van der Waals surface area contributed by atoms with Gasteiger partial charge in [0.15, 0.2) is 5.79 Å². The van der Waals surface area contributed by atoms with Crippen molar-refractivity contribution >= 4 is 5.97 Å². The van der Waals surface area contributed by atoms with E-state index in [4.69, 9.17) is 10.2 Å². The van der Waals surface area contributed by atoms with E-state index in [0.717, 1.165) is 6.92 Å². The van der Waals surface area contributed by atoms with Crippen molar-refractivity contribution in [3.8, 4) is 0 Å². The van der Waals surface area contributed by atoms with Crippen LogP contribution in [0.5, 0.6) is 0 Å². The summed E-state index contributed by atoms with van der Waals surface area (Å²) in [5.41, 5.74) is 0.231. The first-order valence-corrected chi connectivity index (χ1v) is 3.10. The zero-order valence-corrected chi connectivity index (χ0v) is 6.63. The Balaban J connectivity index is 3.73. The normalized spacial score (nSPS) is 10.9. The first kappa shape index (κ1) is 10.1. The molecule has 2 N–H and O–H groups in total. The van der Waals surface area contributed by atoms with Crippen LogP contribution in [0, 0.1) is 0 Å². The molecule has 64 valence electrons. The molecule has 0 spiro atoms. The van der Waals surface area contributed by atoms with Gasteiger partial charge in [-0.3, -0.25) is 0 Å². The molecular formula is C7H12O4. The van der Waals surface area contributed by atoms with Crippen LogP contribution in [0.25, 0.3) is 0 Å². The van der Waals surface area contributed by atoms with E-state index in [2.05, 4.69) is 11.3 Å². The summed E-state index contributed by atoms with van der Waals surface area (Å²) in [5.74, 6) is -2.59. The average Bonchev–Trinajstić information content (AvgIpc) is 1.80. The molecule has 4 nitrogen and oxygen atoms in total. The lowest BCUT2D eigenvalue weighted by atomic mass is 10.3. The van der Waals surface area contributed by atoms with E-state index in [1.54, 1.807) is 0 Å². The number of hydrogen-bond acceptors (Lipinski definition) is 4. The SMILES string of the molecule is C=C(C)C(=O)OCC(C)(O)O. The summed E-state index contributed by atoms with van der Waals surface area (Å²) < 4.78 is 4.43. The van der Waals surface area contributed by atoms with Gasteiger partial charge in [-0.1, -0.05) is 6.58 Å². The average molecular weight is 160 g/mol. The Morgan fingerprint density at radius 2 is 2.09 bits per heavy atom. The molecule has 11 heavy (non-hydrogen) atoms. The number of aliphatic hydroxyl groups is 2. The molecule has 0 heterocycles. The zero-order valence-electron chi connectivity index (χ0n) is 6.63. The molecule has 0 fully saturated rings. The van der Waals surface area contributed by atoms with Gasteiger partial charge < -0.3 is 14.9 Å². The van der Waals surface area contributed by atoms with Gasteiger partial charge in [-0.25, -0.2) is 4.79 Å². The molecule has 4 heteroatoms. The minimum absolute atomic E-state index is 0.231. The van der Waals surface area contributed by atoms with Gasteiger partial charge in [0, 0.05) is 5.57 Å². The third kappa shape index (κ3) is 5.57. The van der Waals surface area contributed by atoms with E-state index < -0.39 is 18.4 Å². The van der Waals surface area contributed by atoms with Crippen molar-refractivity contribution in [1.29, 1.82) is 0 Å². The van der Waals surface area contributed by atoms with E-state index in [0.29, 0.717) is 0 Å². The zero-order chi connectivity index (χ0) is 9.07. The number of esters is 1. The summed E-state index contributed by atoms with van der Waals surface area (Å²) in [6, 6.07) is 0. The summed E-state index contributed by atoms with van der Waals surface area (Å²) in [6.45, 7) is 5.48. The Hall–Kier alpha value is -0.870. The minimum atomic E-state index is -1.97. The largest absolute Gasteiger partial charge is 0.457 e. The first-order chi connectivity index (χ1) is 4.83. The molecule has 0 amide bonds. The molecule has 0 aromatic carbocycles. The third-order valence-electron chi connectivity index (χ3n) is 0.825. The van der Waals surface area contributed by atoms with Gasteiger partial charge in [0.1, 0.15) is 6.61 Å². The molecule has 0 aromatic heterocycles. The second-order valence-corrected chi connectivity index (χ2v) is 2.57. The molecule has 0 bridgehead atoms. The molecule has 0 atom stereocenters. The topological polar surface area (TPSA) is 66.8 Å². The highest BCUT2D eigenvalue weighted by Crippen LogP contribution is 2.00. The molecule has 0 aromatic rings. The van der Waals surface area contributed by atoms with Gasteiger partial charge in [0.25, 0.3) is 0 Å². The maximum absolute atomic E-state index is 10.6. The fraction of sp³-hybridized carbons (Fsp3) is 0.571. The van der Waals surface area contributed by atoms with E-state index >= 15 is 0 Å². The quantitative estimate of drug-likeness (QED) is 0.341. The molecule has 0 rings (SSSR count). The standard InChI is InChI=1S/C7H12O4/c1-5(2)6(8)11-4-7(3,9)10/h9-10H,1,4H2,2-3H3. The highest BCUT2D eigenvalue weighted by molar-refractivity contribution is 5.86. The van der Waals surface area contributed by atoms with Crippen LogP contribution in [0.3, 0.4) is 0 Å². The molecule has 0 radical (unpaired) electrons. The maximum atomic E-state index is 10.6. The predicted molar refractivity (Wildman–Crippen MR) is 38.6 cm³/mol. The fourth-order valence-corrected chi connectivity index (χ4v) is 0.325. The van der Waals surface area contributed by atoms with Gasteiger partial charge in [0.05, 0.1) is 0 Å². The number of carbonyl (C=O) groups excluding carboxylic acids is 1. The van der Waals surface area contributed by atoms with Gasteiger partial charge >= 0.3 is 5.97 Å². The highest BCUT2D eigenvalue weighted by Gasteiger charge is 2.17. The van der Waals surface area contributed by atoms with Crippen LogP contribution in [0.1, 0.15) is 13.8 Å². The van der Waals surface area contributed by atoms with Crippen LogP contribution in [0.2, 0.25) is 0 Å². The van der Waals surface area contributed by atoms with Crippen LogP contribution in [-0.2, 0) is 9.53 Å². The molecule has 0 aliphatic rings. The number of carbonyl (C=O) groups is 1. The van der Waals surface area contributed by atoms with Crippen molar-refractivity contribution in [2.75, 3.05) is 6.61 Å². The first-order valence-electron chi connectivity index (χ1n) is 3.10. The Kier molecular flexibility index (Phi) is 3.22. The summed E-state index contributed by atoms with van der Waals surface area (Å²) in [4.78, 5) is 10.6. The van der Waals surface area contributed by atoms with Crippen LogP contribution >= 0.6 is 0 Å². The molecule has 0 aliphatic carbocycles. The van der Waals surface area contributed by atoms with Crippen LogP contribution in [0.15, 0.2) is 12.2 Å². The van der Waals surface area contributed by atoms with E-state index in [1.807, 2.05) is 0 Å². The van der Waals surface area contributed by atoms with Crippen molar-refractivity contribution in [2.24, 2.45) is 0 Å². The Morgan fingerprint density at radius 1 is 1.64 bits per heavy atom. The predicted octanol–water partition coefficient (Wildman–Crippen LogP) is -0.194. The minimum Gasteiger partial charge on any atom is -0.457 e. The lowest BCUT2D eigenvalue weighted by molar-refractivity contribution is -0.189. The van der Waals surface area contributed by atoms with Gasteiger partial charge in [-0.05, 0) is 13.8 Å². The maximum Gasteiger partial charge on any atom is 0.333 e. The van der Waals surface area contributed by atoms with Crippen LogP contribution in [0.4, 0.5) is 0 Å². The molecule has 0 saturated carbocycles. The van der Waals surface area contributed by atoms with E-state index in [9.17, 15) is 4.79 Å². The molecule has 0 saturated heterocycles. The second kappa shape index (κ2) is 3.50. The monoisotopic (exact) mass is 160 g/mol. The Labute approximate surface area is 65.1 Å². The van der Waals surface area contributed by atoms with Gasteiger partial charge in [-0.15, -0.1) is 0 Å². The van der Waals surface area contributed by atoms with Gasteiger partial charge in [0.2, 0.25) is 0 Å². The summed E-state index contributed by atoms with van der Waals surface area (Å²) in [6.07, 6.45) is 0. The summed E-state index contributed by atoms with van der Waals surface area (Å²) in [5, 5.41) is 17.4. The van der Waals surface area contributed by atoms with Crippen LogP contribution < -0.4 is 0 Å². The molecule has 0 aliphatic heterocycles. The summed E-state index contributed by atoms with van der Waals surface area (Å²) >= 11 is 0. The van der Waals surface area contributed by atoms with Crippen molar-refractivity contribution < 1.29 is 19.7 Å². The van der Waals surface area contributed by atoms with Crippen molar-refractivity contribution in [1.82, 2.24) is 0 Å².